The first-order valence-electron chi connectivity index (χ1n) is 8.21. The SMILES string of the molecule is CCNC(=O)c1ccc(NCC(=O)Nc2cc(OC)ccc2OC)cc1. The van der Waals surface area contributed by atoms with Gasteiger partial charge in [-0.05, 0) is 43.3 Å². The van der Waals surface area contributed by atoms with Gasteiger partial charge in [0.05, 0.1) is 26.5 Å². The molecule has 7 nitrogen and oxygen atoms in total. The Bertz CT molecular complexity index is 760. The van der Waals surface area contributed by atoms with Crippen LogP contribution < -0.4 is 25.4 Å². The molecule has 0 atom stereocenters. The van der Waals surface area contributed by atoms with Crippen molar-refractivity contribution in [3.63, 3.8) is 0 Å². The first kappa shape index (κ1) is 19.1. The van der Waals surface area contributed by atoms with Crippen LogP contribution in [0.3, 0.4) is 0 Å². The molecule has 2 amide bonds. The molecule has 0 spiro atoms. The molecule has 0 saturated heterocycles. The van der Waals surface area contributed by atoms with E-state index in [0.717, 1.165) is 5.69 Å². The summed E-state index contributed by atoms with van der Waals surface area (Å²) in [7, 11) is 3.09. The Morgan fingerprint density at radius 3 is 2.35 bits per heavy atom. The van der Waals surface area contributed by atoms with Gasteiger partial charge in [-0.25, -0.2) is 0 Å². The Kier molecular flexibility index (Phi) is 6.84. The maximum atomic E-state index is 12.2. The number of rotatable bonds is 8. The lowest BCUT2D eigenvalue weighted by Gasteiger charge is -2.12. The van der Waals surface area contributed by atoms with Crippen LogP contribution in [0.2, 0.25) is 0 Å². The van der Waals surface area contributed by atoms with E-state index in [-0.39, 0.29) is 18.4 Å². The average Bonchev–Trinajstić information content (AvgIpc) is 2.67. The molecule has 0 fully saturated rings. The number of nitrogens with one attached hydrogen (secondary N) is 3. The maximum absolute atomic E-state index is 12.2. The summed E-state index contributed by atoms with van der Waals surface area (Å²) in [4.78, 5) is 23.9. The normalized spacial score (nSPS) is 9.96. The maximum Gasteiger partial charge on any atom is 0.251 e. The van der Waals surface area contributed by atoms with Gasteiger partial charge in [-0.3, -0.25) is 9.59 Å². The number of carbonyl (C=O) groups is 2. The van der Waals surface area contributed by atoms with Crippen LogP contribution in [-0.2, 0) is 4.79 Å². The number of hydrogen-bond acceptors (Lipinski definition) is 5. The highest BCUT2D eigenvalue weighted by Crippen LogP contribution is 2.28. The van der Waals surface area contributed by atoms with Crippen LogP contribution in [0.1, 0.15) is 17.3 Å². The predicted octanol–water partition coefficient (Wildman–Crippen LogP) is 2.50. The molecule has 7 heteroatoms. The summed E-state index contributed by atoms with van der Waals surface area (Å²) < 4.78 is 10.4. The van der Waals surface area contributed by atoms with E-state index in [1.54, 1.807) is 49.6 Å². The van der Waals surface area contributed by atoms with Gasteiger partial charge in [-0.15, -0.1) is 0 Å². The van der Waals surface area contributed by atoms with E-state index in [2.05, 4.69) is 16.0 Å². The van der Waals surface area contributed by atoms with E-state index in [1.807, 2.05) is 6.92 Å². The standard InChI is InChI=1S/C19H23N3O4/c1-4-20-19(24)13-5-7-14(8-6-13)21-12-18(23)22-16-11-15(25-2)9-10-17(16)26-3/h5-11,21H,4,12H2,1-3H3,(H,20,24)(H,22,23). The molecule has 0 aliphatic rings. The van der Waals surface area contributed by atoms with Gasteiger partial charge >= 0.3 is 0 Å². The van der Waals surface area contributed by atoms with Crippen molar-refractivity contribution in [1.82, 2.24) is 5.32 Å². The highest BCUT2D eigenvalue weighted by atomic mass is 16.5. The van der Waals surface area contributed by atoms with E-state index in [1.165, 1.54) is 7.11 Å². The molecule has 0 unspecified atom stereocenters. The first-order chi connectivity index (χ1) is 12.6. The minimum atomic E-state index is -0.232. The van der Waals surface area contributed by atoms with Gasteiger partial charge in [0.1, 0.15) is 11.5 Å². The van der Waals surface area contributed by atoms with Crippen LogP contribution in [0.5, 0.6) is 11.5 Å². The van der Waals surface area contributed by atoms with Crippen molar-refractivity contribution in [2.45, 2.75) is 6.92 Å². The number of ether oxygens (including phenoxy) is 2. The third-order valence-corrected chi connectivity index (χ3v) is 3.62. The third kappa shape index (κ3) is 5.14. The Balaban J connectivity index is 1.94. The third-order valence-electron chi connectivity index (χ3n) is 3.62. The Labute approximate surface area is 152 Å². The van der Waals surface area contributed by atoms with Crippen molar-refractivity contribution in [3.05, 3.63) is 48.0 Å². The molecule has 138 valence electrons. The molecule has 0 radical (unpaired) electrons. The number of methoxy groups -OCH3 is 2. The summed E-state index contributed by atoms with van der Waals surface area (Å²) in [6, 6.07) is 12.1. The highest BCUT2D eigenvalue weighted by molar-refractivity contribution is 5.96. The van der Waals surface area contributed by atoms with E-state index >= 15 is 0 Å². The second kappa shape index (κ2) is 9.31. The number of benzene rings is 2. The molecular weight excluding hydrogens is 334 g/mol. The van der Waals surface area contributed by atoms with Crippen molar-refractivity contribution in [2.75, 3.05) is 37.9 Å². The largest absolute Gasteiger partial charge is 0.497 e. The van der Waals surface area contributed by atoms with Gasteiger partial charge in [0.15, 0.2) is 0 Å². The Hall–Kier alpha value is -3.22. The molecule has 2 aromatic rings. The van der Waals surface area contributed by atoms with Crippen LogP contribution in [0.25, 0.3) is 0 Å². The molecule has 2 rings (SSSR count). The second-order valence-corrected chi connectivity index (χ2v) is 5.40. The lowest BCUT2D eigenvalue weighted by molar-refractivity contribution is -0.114. The Morgan fingerprint density at radius 1 is 1.00 bits per heavy atom. The molecule has 0 saturated carbocycles. The fraction of sp³-hybridized carbons (Fsp3) is 0.263. The monoisotopic (exact) mass is 357 g/mol. The summed E-state index contributed by atoms with van der Waals surface area (Å²) >= 11 is 0. The van der Waals surface area contributed by atoms with E-state index in [0.29, 0.717) is 29.3 Å². The van der Waals surface area contributed by atoms with Crippen molar-refractivity contribution in [1.29, 1.82) is 0 Å². The molecule has 0 bridgehead atoms. The Morgan fingerprint density at radius 2 is 1.73 bits per heavy atom. The van der Waals surface area contributed by atoms with Crippen LogP contribution in [-0.4, -0.2) is 39.1 Å². The molecule has 0 aliphatic heterocycles. The lowest BCUT2D eigenvalue weighted by atomic mass is 10.2. The van der Waals surface area contributed by atoms with Gasteiger partial charge in [0, 0.05) is 23.9 Å². The zero-order valence-electron chi connectivity index (χ0n) is 15.1. The molecule has 2 aromatic carbocycles. The van der Waals surface area contributed by atoms with E-state index in [4.69, 9.17) is 9.47 Å². The van der Waals surface area contributed by atoms with Gasteiger partial charge in [0.25, 0.3) is 5.91 Å². The number of hydrogen-bond donors (Lipinski definition) is 3. The minimum absolute atomic E-state index is 0.0703. The van der Waals surface area contributed by atoms with Gasteiger partial charge < -0.3 is 25.4 Å². The van der Waals surface area contributed by atoms with Crippen molar-refractivity contribution < 1.29 is 19.1 Å². The second-order valence-electron chi connectivity index (χ2n) is 5.40. The first-order valence-corrected chi connectivity index (χ1v) is 8.21. The summed E-state index contributed by atoms with van der Waals surface area (Å²) in [5, 5.41) is 8.53. The molecular formula is C19H23N3O4. The van der Waals surface area contributed by atoms with Crippen LogP contribution >= 0.6 is 0 Å². The molecule has 0 heterocycles. The number of amides is 2. The number of anilines is 2. The van der Waals surface area contributed by atoms with E-state index < -0.39 is 0 Å². The van der Waals surface area contributed by atoms with Gasteiger partial charge in [-0.2, -0.15) is 0 Å². The fourth-order valence-electron chi connectivity index (χ4n) is 2.29. The average molecular weight is 357 g/mol. The van der Waals surface area contributed by atoms with Crippen LogP contribution in [0, 0.1) is 0 Å². The van der Waals surface area contributed by atoms with Crippen molar-refractivity contribution in [2.24, 2.45) is 0 Å². The zero-order valence-corrected chi connectivity index (χ0v) is 15.1. The fourth-order valence-corrected chi connectivity index (χ4v) is 2.29. The topological polar surface area (TPSA) is 88.7 Å². The quantitative estimate of drug-likeness (QED) is 0.675. The van der Waals surface area contributed by atoms with Crippen molar-refractivity contribution in [3.8, 4) is 11.5 Å². The molecule has 26 heavy (non-hydrogen) atoms. The number of carbonyl (C=O) groups excluding carboxylic acids is 2. The smallest absolute Gasteiger partial charge is 0.251 e. The summed E-state index contributed by atoms with van der Waals surface area (Å²) in [6.45, 7) is 2.51. The molecule has 0 aliphatic carbocycles. The van der Waals surface area contributed by atoms with Gasteiger partial charge in [-0.1, -0.05) is 0 Å². The summed E-state index contributed by atoms with van der Waals surface area (Å²) in [5.74, 6) is 0.812. The predicted molar refractivity (Wildman–Crippen MR) is 101 cm³/mol. The van der Waals surface area contributed by atoms with Crippen LogP contribution in [0.15, 0.2) is 42.5 Å². The lowest BCUT2D eigenvalue weighted by Crippen LogP contribution is -2.23. The highest BCUT2D eigenvalue weighted by Gasteiger charge is 2.09. The van der Waals surface area contributed by atoms with E-state index in [9.17, 15) is 9.59 Å². The molecule has 0 aromatic heterocycles. The molecule has 3 N–H and O–H groups in total. The minimum Gasteiger partial charge on any atom is -0.497 e. The summed E-state index contributed by atoms with van der Waals surface area (Å²) in [5.41, 5.74) is 1.85. The summed E-state index contributed by atoms with van der Waals surface area (Å²) in [6.07, 6.45) is 0. The van der Waals surface area contributed by atoms with Gasteiger partial charge in [0.2, 0.25) is 5.91 Å². The zero-order chi connectivity index (χ0) is 18.9. The van der Waals surface area contributed by atoms with Crippen molar-refractivity contribution >= 4 is 23.2 Å². The van der Waals surface area contributed by atoms with Crippen LogP contribution in [0.4, 0.5) is 11.4 Å².